The molecule has 2 rings (SSSR count). The summed E-state index contributed by atoms with van der Waals surface area (Å²) in [5, 5.41) is 6.25. The Bertz CT molecular complexity index is 509. The van der Waals surface area contributed by atoms with Gasteiger partial charge in [-0.25, -0.2) is 0 Å². The van der Waals surface area contributed by atoms with Crippen molar-refractivity contribution in [3.05, 3.63) is 35.9 Å². The van der Waals surface area contributed by atoms with E-state index >= 15 is 0 Å². The molecule has 0 spiro atoms. The highest BCUT2D eigenvalue weighted by atomic mass is 16.2. The van der Waals surface area contributed by atoms with Crippen LogP contribution in [-0.4, -0.2) is 43.4 Å². The molecule has 1 amide bonds. The molecule has 5 heteroatoms. The lowest BCUT2D eigenvalue weighted by Crippen LogP contribution is -2.46. The topological polar surface area (TPSA) is 56.7 Å². The van der Waals surface area contributed by atoms with Gasteiger partial charge in [0.1, 0.15) is 0 Å². The number of hydrogen-bond acceptors (Lipinski definition) is 2. The van der Waals surface area contributed by atoms with Crippen LogP contribution in [-0.2, 0) is 11.3 Å². The summed E-state index contributed by atoms with van der Waals surface area (Å²) in [5.74, 6) is 0.777. The molecular weight excluding hydrogens is 288 g/mol. The third kappa shape index (κ3) is 5.93. The number of carbonyl (C=O) groups excluding carboxylic acids is 1. The van der Waals surface area contributed by atoms with Gasteiger partial charge >= 0.3 is 0 Å². The predicted octanol–water partition coefficient (Wildman–Crippen LogP) is 2.14. The second-order valence-corrected chi connectivity index (χ2v) is 6.14. The summed E-state index contributed by atoms with van der Waals surface area (Å²) in [4.78, 5) is 18.3. The van der Waals surface area contributed by atoms with Crippen LogP contribution in [0, 0.1) is 0 Å². The molecule has 23 heavy (non-hydrogen) atoms. The molecule has 0 aliphatic heterocycles. The predicted molar refractivity (Wildman–Crippen MR) is 94.3 cm³/mol. The summed E-state index contributed by atoms with van der Waals surface area (Å²) in [6, 6.07) is 10.6. The molecular formula is C18H28N4O. The highest BCUT2D eigenvalue weighted by molar-refractivity contribution is 5.86. The van der Waals surface area contributed by atoms with Crippen LogP contribution in [0.25, 0.3) is 0 Å². The highest BCUT2D eigenvalue weighted by Crippen LogP contribution is 2.17. The largest absolute Gasteiger partial charge is 0.352 e. The van der Waals surface area contributed by atoms with Crippen molar-refractivity contribution >= 4 is 11.9 Å². The van der Waals surface area contributed by atoms with Gasteiger partial charge in [-0.2, -0.15) is 0 Å². The minimum absolute atomic E-state index is 0.0474. The first kappa shape index (κ1) is 17.3. The molecule has 0 saturated heterocycles. The molecule has 0 bridgehead atoms. The Balaban J connectivity index is 1.76. The number of amides is 1. The second kappa shape index (κ2) is 9.18. The van der Waals surface area contributed by atoms with Gasteiger partial charge in [0.05, 0.1) is 6.54 Å². The Kier molecular flexibility index (Phi) is 6.91. The molecule has 0 radical (unpaired) electrons. The fraction of sp³-hybridized carbons (Fsp3) is 0.556. The Morgan fingerprint density at radius 2 is 1.91 bits per heavy atom. The normalized spacial score (nSPS) is 16.0. The lowest BCUT2D eigenvalue weighted by atomic mass is 9.95. The molecule has 5 nitrogen and oxygen atoms in total. The molecule has 1 fully saturated rings. The average Bonchev–Trinajstić information content (AvgIpc) is 2.57. The summed E-state index contributed by atoms with van der Waals surface area (Å²) in [6.45, 7) is 1.02. The molecule has 1 aromatic carbocycles. The zero-order chi connectivity index (χ0) is 16.5. The van der Waals surface area contributed by atoms with Crippen LogP contribution in [0.15, 0.2) is 35.3 Å². The molecule has 2 N–H and O–H groups in total. The first-order chi connectivity index (χ1) is 11.2. The van der Waals surface area contributed by atoms with E-state index in [0.717, 1.165) is 25.3 Å². The zero-order valence-corrected chi connectivity index (χ0v) is 14.2. The maximum atomic E-state index is 12.1. The molecule has 1 aromatic rings. The van der Waals surface area contributed by atoms with E-state index in [1.54, 1.807) is 7.05 Å². The van der Waals surface area contributed by atoms with Crippen molar-refractivity contribution in [1.29, 1.82) is 0 Å². The number of guanidine groups is 1. The Labute approximate surface area is 139 Å². The van der Waals surface area contributed by atoms with Crippen molar-refractivity contribution in [3.63, 3.8) is 0 Å². The third-order valence-corrected chi connectivity index (χ3v) is 4.21. The van der Waals surface area contributed by atoms with Crippen LogP contribution in [0.1, 0.15) is 37.7 Å². The van der Waals surface area contributed by atoms with Crippen LogP contribution in [0.3, 0.4) is 0 Å². The number of rotatable bonds is 5. The smallest absolute Gasteiger partial charge is 0.239 e. The number of nitrogens with one attached hydrogen (secondary N) is 2. The molecule has 0 aromatic heterocycles. The molecule has 1 aliphatic rings. The average molecular weight is 316 g/mol. The van der Waals surface area contributed by atoms with Gasteiger partial charge in [-0.15, -0.1) is 0 Å². The molecule has 126 valence electrons. The fourth-order valence-electron chi connectivity index (χ4n) is 3.00. The molecule has 0 heterocycles. The molecule has 0 atom stereocenters. The van der Waals surface area contributed by atoms with Crippen molar-refractivity contribution < 1.29 is 4.79 Å². The first-order valence-electron chi connectivity index (χ1n) is 8.44. The Hall–Kier alpha value is -2.04. The molecule has 1 aliphatic carbocycles. The summed E-state index contributed by atoms with van der Waals surface area (Å²) in [5.41, 5.74) is 1.21. The van der Waals surface area contributed by atoms with Crippen LogP contribution < -0.4 is 10.6 Å². The quantitative estimate of drug-likeness (QED) is 0.646. The van der Waals surface area contributed by atoms with Gasteiger partial charge in [0.15, 0.2) is 5.96 Å². The summed E-state index contributed by atoms with van der Waals surface area (Å²) in [7, 11) is 3.71. The van der Waals surface area contributed by atoms with Gasteiger partial charge in [-0.05, 0) is 18.4 Å². The van der Waals surface area contributed by atoms with Crippen molar-refractivity contribution in [2.75, 3.05) is 20.6 Å². The van der Waals surface area contributed by atoms with E-state index < -0.39 is 0 Å². The molecule has 0 unspecified atom stereocenters. The van der Waals surface area contributed by atoms with Gasteiger partial charge in [0, 0.05) is 26.7 Å². The highest BCUT2D eigenvalue weighted by Gasteiger charge is 2.16. The van der Waals surface area contributed by atoms with Crippen LogP contribution in [0.4, 0.5) is 0 Å². The number of benzene rings is 1. The van der Waals surface area contributed by atoms with Gasteiger partial charge in [-0.1, -0.05) is 49.6 Å². The van der Waals surface area contributed by atoms with Gasteiger partial charge in [-0.3, -0.25) is 9.79 Å². The SMILES string of the molecule is CN=C(NCC(=O)NC1CCCCC1)N(C)Cc1ccccc1. The van der Waals surface area contributed by atoms with Crippen LogP contribution in [0.2, 0.25) is 0 Å². The minimum atomic E-state index is 0.0474. The van der Waals surface area contributed by atoms with E-state index in [0.29, 0.717) is 6.04 Å². The lowest BCUT2D eigenvalue weighted by molar-refractivity contribution is -0.120. The molecule has 1 saturated carbocycles. The monoisotopic (exact) mass is 316 g/mol. The third-order valence-electron chi connectivity index (χ3n) is 4.21. The van der Waals surface area contributed by atoms with Gasteiger partial charge in [0.2, 0.25) is 5.91 Å². The Morgan fingerprint density at radius 3 is 2.57 bits per heavy atom. The summed E-state index contributed by atoms with van der Waals surface area (Å²) >= 11 is 0. The lowest BCUT2D eigenvalue weighted by Gasteiger charge is -2.24. The van der Waals surface area contributed by atoms with E-state index in [9.17, 15) is 4.79 Å². The van der Waals surface area contributed by atoms with E-state index in [1.807, 2.05) is 30.1 Å². The number of aliphatic imine (C=N–C) groups is 1. The fourth-order valence-corrected chi connectivity index (χ4v) is 3.00. The van der Waals surface area contributed by atoms with Crippen LogP contribution in [0.5, 0.6) is 0 Å². The number of nitrogens with zero attached hydrogens (tertiary/aromatic N) is 2. The van der Waals surface area contributed by atoms with Crippen LogP contribution >= 0.6 is 0 Å². The number of hydrogen-bond donors (Lipinski definition) is 2. The van der Waals surface area contributed by atoms with Crippen molar-refractivity contribution in [1.82, 2.24) is 15.5 Å². The minimum Gasteiger partial charge on any atom is -0.352 e. The summed E-state index contributed by atoms with van der Waals surface area (Å²) in [6.07, 6.45) is 5.95. The van der Waals surface area contributed by atoms with Gasteiger partial charge in [0.25, 0.3) is 0 Å². The zero-order valence-electron chi connectivity index (χ0n) is 14.2. The standard InChI is InChI=1S/C18H28N4O/c1-19-18(22(2)14-15-9-5-3-6-10-15)20-13-17(23)21-16-11-7-4-8-12-16/h3,5-6,9-10,16H,4,7-8,11-14H2,1-2H3,(H,19,20)(H,21,23). The second-order valence-electron chi connectivity index (χ2n) is 6.14. The van der Waals surface area contributed by atoms with Gasteiger partial charge < -0.3 is 15.5 Å². The van der Waals surface area contributed by atoms with Crippen molar-refractivity contribution in [3.8, 4) is 0 Å². The van der Waals surface area contributed by atoms with E-state index in [1.165, 1.54) is 24.8 Å². The maximum Gasteiger partial charge on any atom is 0.239 e. The number of carbonyl (C=O) groups is 1. The first-order valence-corrected chi connectivity index (χ1v) is 8.44. The van der Waals surface area contributed by atoms with Crippen molar-refractivity contribution in [2.24, 2.45) is 4.99 Å². The summed E-state index contributed by atoms with van der Waals surface area (Å²) < 4.78 is 0. The van der Waals surface area contributed by atoms with Crippen molar-refractivity contribution in [2.45, 2.75) is 44.7 Å². The van der Waals surface area contributed by atoms with E-state index in [2.05, 4.69) is 27.8 Å². The Morgan fingerprint density at radius 1 is 1.22 bits per heavy atom. The maximum absolute atomic E-state index is 12.1. The van der Waals surface area contributed by atoms with E-state index in [4.69, 9.17) is 0 Å². The van der Waals surface area contributed by atoms with E-state index in [-0.39, 0.29) is 12.5 Å².